The number of hydrogen-bond donors (Lipinski definition) is 1. The van der Waals surface area contributed by atoms with Gasteiger partial charge in [0.05, 0.1) is 0 Å². The predicted molar refractivity (Wildman–Crippen MR) is 71.4 cm³/mol. The Morgan fingerprint density at radius 1 is 1.38 bits per heavy atom. The third-order valence-electron chi connectivity index (χ3n) is 3.56. The molecule has 1 rings (SSSR count). The molecule has 0 aromatic carbocycles. The highest BCUT2D eigenvalue weighted by atomic mass is 15.2. The Balaban J connectivity index is 2.45. The van der Waals surface area contributed by atoms with E-state index in [2.05, 4.69) is 31.7 Å². The maximum atomic E-state index is 5.71. The second-order valence-corrected chi connectivity index (χ2v) is 5.19. The van der Waals surface area contributed by atoms with E-state index in [1.165, 1.54) is 32.5 Å². The molecule has 0 saturated carbocycles. The van der Waals surface area contributed by atoms with Crippen molar-refractivity contribution in [3.05, 3.63) is 11.6 Å². The average Bonchev–Trinajstić information content (AvgIpc) is 3.05. The highest BCUT2D eigenvalue weighted by molar-refractivity contribution is 5.07. The molecular formula is C14H28N2. The van der Waals surface area contributed by atoms with Crippen LogP contribution in [0.15, 0.2) is 11.6 Å². The molecule has 0 spiro atoms. The third-order valence-corrected chi connectivity index (χ3v) is 3.56. The van der Waals surface area contributed by atoms with Crippen LogP contribution in [0.3, 0.4) is 0 Å². The first-order valence-electron chi connectivity index (χ1n) is 6.80. The normalized spacial score (nSPS) is 19.2. The summed E-state index contributed by atoms with van der Waals surface area (Å²) in [4.78, 5) is 2.48. The van der Waals surface area contributed by atoms with E-state index in [1.807, 2.05) is 0 Å². The second kappa shape index (κ2) is 7.08. The fourth-order valence-electron chi connectivity index (χ4n) is 2.41. The summed E-state index contributed by atoms with van der Waals surface area (Å²) in [6.45, 7) is 11.6. The average molecular weight is 224 g/mol. The van der Waals surface area contributed by atoms with Crippen molar-refractivity contribution in [1.29, 1.82) is 0 Å². The van der Waals surface area contributed by atoms with Crippen molar-refractivity contribution in [2.24, 2.45) is 17.6 Å². The standard InChI is InChI=1S/C14H28N2/c1-4-13(6-5-9-16-10-11-16)14(7-8-15)12(2)3/h6,12,14H,4-5,7-11,15H2,1-3H3/b13-6+. The van der Waals surface area contributed by atoms with Gasteiger partial charge in [0.1, 0.15) is 0 Å². The SMILES string of the molecule is CC/C(=C\CCN1CC1)C(CCN)C(C)C. The van der Waals surface area contributed by atoms with E-state index in [1.54, 1.807) is 5.57 Å². The van der Waals surface area contributed by atoms with Crippen LogP contribution in [0.5, 0.6) is 0 Å². The van der Waals surface area contributed by atoms with Crippen LogP contribution in [0.25, 0.3) is 0 Å². The minimum atomic E-state index is 0.698. The molecule has 0 aromatic rings. The predicted octanol–water partition coefficient (Wildman–Crippen LogP) is 2.65. The maximum absolute atomic E-state index is 5.71. The van der Waals surface area contributed by atoms with Crippen LogP contribution in [0.2, 0.25) is 0 Å². The van der Waals surface area contributed by atoms with E-state index >= 15 is 0 Å². The van der Waals surface area contributed by atoms with Crippen molar-refractivity contribution in [2.75, 3.05) is 26.2 Å². The van der Waals surface area contributed by atoms with Gasteiger partial charge in [-0.1, -0.05) is 32.4 Å². The van der Waals surface area contributed by atoms with Crippen molar-refractivity contribution < 1.29 is 0 Å². The fraction of sp³-hybridized carbons (Fsp3) is 0.857. The molecule has 2 N–H and O–H groups in total. The molecule has 1 aliphatic heterocycles. The lowest BCUT2D eigenvalue weighted by Crippen LogP contribution is -2.16. The Kier molecular flexibility index (Phi) is 6.07. The Morgan fingerprint density at radius 3 is 2.50 bits per heavy atom. The lowest BCUT2D eigenvalue weighted by molar-refractivity contribution is 0.409. The van der Waals surface area contributed by atoms with Crippen molar-refractivity contribution in [1.82, 2.24) is 4.90 Å². The highest BCUT2D eigenvalue weighted by Crippen LogP contribution is 2.26. The lowest BCUT2D eigenvalue weighted by atomic mass is 9.83. The summed E-state index contributed by atoms with van der Waals surface area (Å²) in [6.07, 6.45) is 6.01. The molecule has 2 heteroatoms. The zero-order valence-corrected chi connectivity index (χ0v) is 11.2. The summed E-state index contributed by atoms with van der Waals surface area (Å²) in [6, 6.07) is 0. The van der Waals surface area contributed by atoms with Gasteiger partial charge in [-0.05, 0) is 37.6 Å². The molecule has 94 valence electrons. The molecule has 1 atom stereocenters. The molecule has 0 bridgehead atoms. The zero-order valence-electron chi connectivity index (χ0n) is 11.2. The number of nitrogens with zero attached hydrogens (tertiary/aromatic N) is 1. The van der Waals surface area contributed by atoms with Crippen LogP contribution < -0.4 is 5.73 Å². The van der Waals surface area contributed by atoms with Crippen LogP contribution in [0.1, 0.15) is 40.0 Å². The Morgan fingerprint density at radius 2 is 2.06 bits per heavy atom. The third kappa shape index (κ3) is 4.67. The number of hydrogen-bond acceptors (Lipinski definition) is 2. The van der Waals surface area contributed by atoms with Crippen molar-refractivity contribution in [3.8, 4) is 0 Å². The Bertz CT molecular complexity index is 217. The fourth-order valence-corrected chi connectivity index (χ4v) is 2.41. The van der Waals surface area contributed by atoms with E-state index < -0.39 is 0 Å². The van der Waals surface area contributed by atoms with E-state index in [0.717, 1.165) is 18.9 Å². The monoisotopic (exact) mass is 224 g/mol. The second-order valence-electron chi connectivity index (χ2n) is 5.19. The first-order valence-corrected chi connectivity index (χ1v) is 6.80. The van der Waals surface area contributed by atoms with Gasteiger partial charge in [0.15, 0.2) is 0 Å². The van der Waals surface area contributed by atoms with Crippen LogP contribution in [0.4, 0.5) is 0 Å². The number of rotatable bonds is 8. The van der Waals surface area contributed by atoms with Gasteiger partial charge in [-0.3, -0.25) is 0 Å². The maximum Gasteiger partial charge on any atom is 0.0110 e. The molecule has 0 aromatic heterocycles. The lowest BCUT2D eigenvalue weighted by Gasteiger charge is -2.23. The van der Waals surface area contributed by atoms with Gasteiger partial charge in [-0.15, -0.1) is 0 Å². The van der Waals surface area contributed by atoms with Gasteiger partial charge in [-0.2, -0.15) is 0 Å². The van der Waals surface area contributed by atoms with Crippen LogP contribution in [-0.2, 0) is 0 Å². The molecule has 1 fully saturated rings. The summed E-state index contributed by atoms with van der Waals surface area (Å²) in [7, 11) is 0. The highest BCUT2D eigenvalue weighted by Gasteiger charge is 2.18. The van der Waals surface area contributed by atoms with Gasteiger partial charge in [-0.25, -0.2) is 0 Å². The molecule has 2 nitrogen and oxygen atoms in total. The van der Waals surface area contributed by atoms with Crippen molar-refractivity contribution >= 4 is 0 Å². The summed E-state index contributed by atoms with van der Waals surface area (Å²) >= 11 is 0. The van der Waals surface area contributed by atoms with Gasteiger partial charge in [0.25, 0.3) is 0 Å². The topological polar surface area (TPSA) is 29.0 Å². The minimum absolute atomic E-state index is 0.698. The molecule has 1 saturated heterocycles. The van der Waals surface area contributed by atoms with Crippen LogP contribution in [0, 0.1) is 11.8 Å². The van der Waals surface area contributed by atoms with Gasteiger partial charge < -0.3 is 10.6 Å². The molecule has 1 heterocycles. The minimum Gasteiger partial charge on any atom is -0.330 e. The van der Waals surface area contributed by atoms with Gasteiger partial charge in [0.2, 0.25) is 0 Å². The van der Waals surface area contributed by atoms with E-state index in [-0.39, 0.29) is 0 Å². The first-order chi connectivity index (χ1) is 7.69. The molecule has 1 aliphatic rings. The molecule has 0 radical (unpaired) electrons. The first kappa shape index (κ1) is 13.7. The van der Waals surface area contributed by atoms with Crippen LogP contribution in [-0.4, -0.2) is 31.1 Å². The molecule has 0 amide bonds. The van der Waals surface area contributed by atoms with Gasteiger partial charge >= 0.3 is 0 Å². The van der Waals surface area contributed by atoms with Crippen LogP contribution >= 0.6 is 0 Å². The summed E-state index contributed by atoms with van der Waals surface area (Å²) in [5, 5.41) is 0. The summed E-state index contributed by atoms with van der Waals surface area (Å²) in [5.41, 5.74) is 7.34. The summed E-state index contributed by atoms with van der Waals surface area (Å²) in [5.74, 6) is 1.42. The number of allylic oxidation sites excluding steroid dienone is 1. The van der Waals surface area contributed by atoms with E-state index in [0.29, 0.717) is 5.92 Å². The molecule has 1 unspecified atom stereocenters. The molecule has 16 heavy (non-hydrogen) atoms. The smallest absolute Gasteiger partial charge is 0.0110 e. The van der Waals surface area contributed by atoms with Gasteiger partial charge in [0, 0.05) is 19.6 Å². The van der Waals surface area contributed by atoms with Crippen molar-refractivity contribution in [2.45, 2.75) is 40.0 Å². The molecular weight excluding hydrogens is 196 g/mol. The number of nitrogens with two attached hydrogens (primary N) is 1. The molecule has 0 aliphatic carbocycles. The Labute approximate surface area is 101 Å². The zero-order chi connectivity index (χ0) is 12.0. The van der Waals surface area contributed by atoms with Crippen molar-refractivity contribution in [3.63, 3.8) is 0 Å². The largest absolute Gasteiger partial charge is 0.330 e. The van der Waals surface area contributed by atoms with E-state index in [4.69, 9.17) is 5.73 Å². The van der Waals surface area contributed by atoms with E-state index in [9.17, 15) is 0 Å². The Hall–Kier alpha value is -0.340. The summed E-state index contributed by atoms with van der Waals surface area (Å²) < 4.78 is 0. The quantitative estimate of drug-likeness (QED) is 0.507.